The second-order valence-corrected chi connectivity index (χ2v) is 6.13. The lowest BCUT2D eigenvalue weighted by atomic mass is 9.96. The number of anilines is 1. The van der Waals surface area contributed by atoms with Crippen LogP contribution in [-0.4, -0.2) is 16.1 Å². The summed E-state index contributed by atoms with van der Waals surface area (Å²) in [5, 5.41) is 7.51. The van der Waals surface area contributed by atoms with Crippen molar-refractivity contribution in [2.45, 2.75) is 38.1 Å². The van der Waals surface area contributed by atoms with E-state index in [9.17, 15) is 0 Å². The first kappa shape index (κ1) is 15.0. The van der Waals surface area contributed by atoms with Gasteiger partial charge in [-0.15, -0.1) is 0 Å². The Hall–Kier alpha value is -1.94. The minimum Gasteiger partial charge on any atom is -0.360 e. The summed E-state index contributed by atoms with van der Waals surface area (Å²) in [6.45, 7) is 0. The Balaban J connectivity index is 1.71. The number of benzene rings is 1. The van der Waals surface area contributed by atoms with Crippen molar-refractivity contribution in [3.63, 3.8) is 0 Å². The number of nitrogens with one attached hydrogen (secondary N) is 2. The van der Waals surface area contributed by atoms with Crippen LogP contribution in [0.15, 0.2) is 48.8 Å². The van der Waals surface area contributed by atoms with E-state index in [-0.39, 0.29) is 0 Å². The van der Waals surface area contributed by atoms with Gasteiger partial charge in [0, 0.05) is 35.2 Å². The van der Waals surface area contributed by atoms with Crippen molar-refractivity contribution in [2.24, 2.45) is 0 Å². The zero-order valence-corrected chi connectivity index (χ0v) is 13.4. The number of rotatable bonds is 3. The molecule has 0 radical (unpaired) electrons. The van der Waals surface area contributed by atoms with Crippen LogP contribution in [-0.2, 0) is 0 Å². The van der Waals surface area contributed by atoms with Gasteiger partial charge in [0.15, 0.2) is 5.11 Å². The third-order valence-corrected chi connectivity index (χ3v) is 4.31. The van der Waals surface area contributed by atoms with Gasteiger partial charge >= 0.3 is 0 Å². The van der Waals surface area contributed by atoms with Crippen LogP contribution in [0.4, 0.5) is 5.69 Å². The molecule has 1 aliphatic carbocycles. The summed E-state index contributed by atoms with van der Waals surface area (Å²) in [4.78, 5) is 4.20. The van der Waals surface area contributed by atoms with Gasteiger partial charge in [-0.2, -0.15) is 0 Å². The highest BCUT2D eigenvalue weighted by molar-refractivity contribution is 7.80. The van der Waals surface area contributed by atoms with Crippen molar-refractivity contribution < 1.29 is 0 Å². The van der Waals surface area contributed by atoms with E-state index in [1.54, 1.807) is 6.20 Å². The van der Waals surface area contributed by atoms with E-state index in [1.165, 1.54) is 32.1 Å². The number of nitrogens with zero attached hydrogens (tertiary/aromatic N) is 1. The summed E-state index contributed by atoms with van der Waals surface area (Å²) in [5.41, 5.74) is 3.22. The van der Waals surface area contributed by atoms with Crippen LogP contribution in [0.3, 0.4) is 0 Å². The number of para-hydroxylation sites is 1. The van der Waals surface area contributed by atoms with E-state index in [1.807, 2.05) is 24.4 Å². The van der Waals surface area contributed by atoms with Gasteiger partial charge in [0.2, 0.25) is 0 Å². The number of aromatic nitrogens is 1. The Morgan fingerprint density at radius 3 is 2.64 bits per heavy atom. The first-order chi connectivity index (χ1) is 10.8. The second-order valence-electron chi connectivity index (χ2n) is 5.72. The largest absolute Gasteiger partial charge is 0.360 e. The van der Waals surface area contributed by atoms with Crippen molar-refractivity contribution >= 4 is 23.0 Å². The third-order valence-electron chi connectivity index (χ3n) is 4.09. The minimum atomic E-state index is 0.513. The van der Waals surface area contributed by atoms with Gasteiger partial charge in [0.25, 0.3) is 0 Å². The molecular formula is C18H21N3S. The van der Waals surface area contributed by atoms with Crippen molar-refractivity contribution in [3.8, 4) is 11.1 Å². The smallest absolute Gasteiger partial charge is 0.171 e. The fourth-order valence-electron chi connectivity index (χ4n) is 2.96. The van der Waals surface area contributed by atoms with E-state index in [0.717, 1.165) is 16.8 Å². The van der Waals surface area contributed by atoms with Crippen molar-refractivity contribution in [3.05, 3.63) is 48.8 Å². The quantitative estimate of drug-likeness (QED) is 0.826. The molecule has 0 bridgehead atoms. The molecule has 22 heavy (non-hydrogen) atoms. The predicted molar refractivity (Wildman–Crippen MR) is 95.9 cm³/mol. The maximum atomic E-state index is 5.49. The summed E-state index contributed by atoms with van der Waals surface area (Å²) in [6.07, 6.45) is 10.0. The first-order valence-corrected chi connectivity index (χ1v) is 8.31. The molecule has 2 aromatic rings. The standard InChI is InChI=1S/C18H21N3S/c22-18(20-15-8-2-1-3-9-15)21-17-11-5-4-10-16(17)14-7-6-12-19-13-14/h4-7,10-13,15H,1-3,8-9H2,(H2,20,21,22). The summed E-state index contributed by atoms with van der Waals surface area (Å²) >= 11 is 5.49. The van der Waals surface area contributed by atoms with Crippen LogP contribution in [0, 0.1) is 0 Å². The number of hydrogen-bond acceptors (Lipinski definition) is 2. The van der Waals surface area contributed by atoms with Gasteiger partial charge in [0.1, 0.15) is 0 Å². The van der Waals surface area contributed by atoms with E-state index in [0.29, 0.717) is 11.2 Å². The topological polar surface area (TPSA) is 37.0 Å². The van der Waals surface area contributed by atoms with Crippen molar-refractivity contribution in [2.75, 3.05) is 5.32 Å². The number of pyridine rings is 1. The van der Waals surface area contributed by atoms with Crippen molar-refractivity contribution in [1.82, 2.24) is 10.3 Å². The monoisotopic (exact) mass is 311 g/mol. The fraction of sp³-hybridized carbons (Fsp3) is 0.333. The average Bonchev–Trinajstić information content (AvgIpc) is 2.57. The van der Waals surface area contributed by atoms with Crippen LogP contribution < -0.4 is 10.6 Å². The highest BCUT2D eigenvalue weighted by atomic mass is 32.1. The third kappa shape index (κ3) is 3.83. The Morgan fingerprint density at radius 2 is 1.86 bits per heavy atom. The summed E-state index contributed by atoms with van der Waals surface area (Å²) < 4.78 is 0. The van der Waals surface area contributed by atoms with Gasteiger partial charge < -0.3 is 10.6 Å². The van der Waals surface area contributed by atoms with Gasteiger partial charge in [-0.3, -0.25) is 4.98 Å². The van der Waals surface area contributed by atoms with Crippen LogP contribution >= 0.6 is 12.2 Å². The number of hydrogen-bond donors (Lipinski definition) is 2. The Kier molecular flexibility index (Phi) is 5.01. The van der Waals surface area contributed by atoms with E-state index in [4.69, 9.17) is 12.2 Å². The Labute approximate surface area is 137 Å². The van der Waals surface area contributed by atoms with Crippen LogP contribution in [0.25, 0.3) is 11.1 Å². The molecule has 0 saturated heterocycles. The molecule has 0 aliphatic heterocycles. The minimum absolute atomic E-state index is 0.513. The number of thiocarbonyl (C=S) groups is 1. The molecule has 114 valence electrons. The molecule has 1 saturated carbocycles. The van der Waals surface area contributed by atoms with Crippen LogP contribution in [0.2, 0.25) is 0 Å². The molecule has 2 N–H and O–H groups in total. The summed E-state index contributed by atoms with van der Waals surface area (Å²) in [7, 11) is 0. The lowest BCUT2D eigenvalue weighted by Gasteiger charge is -2.24. The maximum absolute atomic E-state index is 5.49. The zero-order chi connectivity index (χ0) is 15.2. The maximum Gasteiger partial charge on any atom is 0.171 e. The Bertz CT molecular complexity index is 621. The highest BCUT2D eigenvalue weighted by Gasteiger charge is 2.14. The molecular weight excluding hydrogens is 290 g/mol. The normalized spacial score (nSPS) is 15.3. The van der Waals surface area contributed by atoms with E-state index >= 15 is 0 Å². The molecule has 3 rings (SSSR count). The van der Waals surface area contributed by atoms with Gasteiger partial charge in [0.05, 0.1) is 0 Å². The molecule has 0 unspecified atom stereocenters. The average molecular weight is 311 g/mol. The van der Waals surface area contributed by atoms with E-state index < -0.39 is 0 Å². The zero-order valence-electron chi connectivity index (χ0n) is 12.6. The van der Waals surface area contributed by atoms with Gasteiger partial charge in [-0.1, -0.05) is 43.5 Å². The summed E-state index contributed by atoms with van der Waals surface area (Å²) in [5.74, 6) is 0. The molecule has 3 nitrogen and oxygen atoms in total. The molecule has 1 aromatic carbocycles. The molecule has 1 aliphatic rings. The van der Waals surface area contributed by atoms with Crippen LogP contribution in [0.5, 0.6) is 0 Å². The molecule has 1 fully saturated rings. The lowest BCUT2D eigenvalue weighted by Crippen LogP contribution is -2.38. The predicted octanol–water partition coefficient (Wildman–Crippen LogP) is 4.37. The first-order valence-electron chi connectivity index (χ1n) is 7.90. The van der Waals surface area contributed by atoms with Crippen LogP contribution in [0.1, 0.15) is 32.1 Å². The molecule has 0 amide bonds. The molecule has 0 spiro atoms. The fourth-order valence-corrected chi connectivity index (χ4v) is 3.23. The molecule has 1 aromatic heterocycles. The van der Waals surface area contributed by atoms with E-state index in [2.05, 4.69) is 33.8 Å². The SMILES string of the molecule is S=C(Nc1ccccc1-c1cccnc1)NC1CCCCC1. The summed E-state index contributed by atoms with van der Waals surface area (Å²) in [6, 6.07) is 12.7. The molecule has 0 atom stereocenters. The molecule has 1 heterocycles. The van der Waals surface area contributed by atoms with Gasteiger partial charge in [-0.05, 0) is 37.2 Å². The highest BCUT2D eigenvalue weighted by Crippen LogP contribution is 2.27. The van der Waals surface area contributed by atoms with Crippen molar-refractivity contribution in [1.29, 1.82) is 0 Å². The lowest BCUT2D eigenvalue weighted by molar-refractivity contribution is 0.415. The second kappa shape index (κ2) is 7.36. The molecule has 4 heteroatoms. The Morgan fingerprint density at radius 1 is 1.05 bits per heavy atom. The van der Waals surface area contributed by atoms with Gasteiger partial charge in [-0.25, -0.2) is 0 Å².